The van der Waals surface area contributed by atoms with E-state index in [0.29, 0.717) is 13.1 Å². The van der Waals surface area contributed by atoms with Crippen molar-refractivity contribution in [1.29, 1.82) is 21.6 Å². The molecule has 152 valence electrons. The van der Waals surface area contributed by atoms with Gasteiger partial charge in [0.2, 0.25) is 0 Å². The van der Waals surface area contributed by atoms with E-state index in [1.54, 1.807) is 7.05 Å². The summed E-state index contributed by atoms with van der Waals surface area (Å²) in [4.78, 5) is 0. The molecule has 0 bridgehead atoms. The van der Waals surface area contributed by atoms with Gasteiger partial charge in [-0.15, -0.1) is 0 Å². The van der Waals surface area contributed by atoms with Crippen LogP contribution in [0.1, 0.15) is 11.1 Å². The highest BCUT2D eigenvalue weighted by molar-refractivity contribution is 6.02. The molecule has 0 amide bonds. The summed E-state index contributed by atoms with van der Waals surface area (Å²) in [6.07, 6.45) is 0. The Labute approximate surface area is 169 Å². The third-order valence-electron chi connectivity index (χ3n) is 3.72. The molecular formula is C19H26N10. The normalized spacial score (nSPS) is 9.69. The third kappa shape index (κ3) is 7.99. The Morgan fingerprint density at radius 2 is 1.24 bits per heavy atom. The van der Waals surface area contributed by atoms with Gasteiger partial charge in [-0.3, -0.25) is 32.3 Å². The first-order valence-corrected chi connectivity index (χ1v) is 8.90. The number of nitrogens with one attached hydrogen (secondary N) is 10. The molecule has 10 N–H and O–H groups in total. The predicted molar refractivity (Wildman–Crippen MR) is 116 cm³/mol. The van der Waals surface area contributed by atoms with E-state index in [9.17, 15) is 0 Å². The van der Waals surface area contributed by atoms with E-state index in [1.807, 2.05) is 54.6 Å². The van der Waals surface area contributed by atoms with E-state index >= 15 is 0 Å². The van der Waals surface area contributed by atoms with E-state index in [-0.39, 0.29) is 23.8 Å². The van der Waals surface area contributed by atoms with Crippen molar-refractivity contribution < 1.29 is 0 Å². The van der Waals surface area contributed by atoms with Gasteiger partial charge in [-0.2, -0.15) is 0 Å². The molecule has 0 atom stereocenters. The van der Waals surface area contributed by atoms with Gasteiger partial charge in [-0.25, -0.2) is 0 Å². The number of anilines is 1. The van der Waals surface area contributed by atoms with Crippen molar-refractivity contribution in [2.24, 2.45) is 0 Å². The van der Waals surface area contributed by atoms with Crippen LogP contribution in [0.2, 0.25) is 0 Å². The fourth-order valence-corrected chi connectivity index (χ4v) is 2.33. The Morgan fingerprint density at radius 3 is 1.79 bits per heavy atom. The highest BCUT2D eigenvalue weighted by atomic mass is 15.2. The minimum Gasteiger partial charge on any atom is -0.359 e. The maximum Gasteiger partial charge on any atom is 0.199 e. The van der Waals surface area contributed by atoms with E-state index in [0.717, 1.165) is 16.8 Å². The molecule has 2 aromatic carbocycles. The molecular weight excluding hydrogens is 368 g/mol. The number of hydrogen-bond acceptors (Lipinski definition) is 4. The Bertz CT molecular complexity index is 862. The van der Waals surface area contributed by atoms with Crippen LogP contribution in [0.3, 0.4) is 0 Å². The molecule has 0 fully saturated rings. The molecule has 0 unspecified atom stereocenters. The predicted octanol–water partition coefficient (Wildman–Crippen LogP) is 1.12. The monoisotopic (exact) mass is 394 g/mol. The van der Waals surface area contributed by atoms with E-state index < -0.39 is 0 Å². The zero-order valence-corrected chi connectivity index (χ0v) is 16.1. The lowest BCUT2D eigenvalue weighted by Crippen LogP contribution is -2.44. The average Bonchev–Trinajstić information content (AvgIpc) is 2.71. The SMILES string of the molecule is CNC(=N)NC(=N)NCc1cccc(CNC(=N)NC(=N)Nc2ccccc2)c1. The second kappa shape index (κ2) is 10.9. The Morgan fingerprint density at radius 1 is 0.690 bits per heavy atom. The summed E-state index contributed by atoms with van der Waals surface area (Å²) in [5.74, 6) is 0.0883. The van der Waals surface area contributed by atoms with Crippen molar-refractivity contribution in [3.05, 3.63) is 65.7 Å². The van der Waals surface area contributed by atoms with Crippen LogP contribution in [0.4, 0.5) is 5.69 Å². The molecule has 0 aliphatic heterocycles. The van der Waals surface area contributed by atoms with Gasteiger partial charge in [-0.1, -0.05) is 42.5 Å². The van der Waals surface area contributed by atoms with Crippen molar-refractivity contribution in [3.63, 3.8) is 0 Å². The molecule has 0 aliphatic carbocycles. The lowest BCUT2D eigenvalue weighted by molar-refractivity contribution is 0.852. The van der Waals surface area contributed by atoms with Gasteiger partial charge in [0.05, 0.1) is 0 Å². The topological polar surface area (TPSA) is 168 Å². The summed E-state index contributed by atoms with van der Waals surface area (Å²) >= 11 is 0. The largest absolute Gasteiger partial charge is 0.359 e. The van der Waals surface area contributed by atoms with Crippen molar-refractivity contribution >= 4 is 29.5 Å². The highest BCUT2D eigenvalue weighted by Gasteiger charge is 2.03. The van der Waals surface area contributed by atoms with Crippen LogP contribution in [-0.2, 0) is 13.1 Å². The summed E-state index contributed by atoms with van der Waals surface area (Å²) in [5, 5.41) is 47.4. The smallest absolute Gasteiger partial charge is 0.199 e. The Balaban J connectivity index is 1.76. The summed E-state index contributed by atoms with van der Waals surface area (Å²) < 4.78 is 0. The molecule has 29 heavy (non-hydrogen) atoms. The van der Waals surface area contributed by atoms with E-state index in [2.05, 4.69) is 31.9 Å². The molecule has 2 aromatic rings. The minimum absolute atomic E-state index is 0.00444. The number of hydrogen-bond donors (Lipinski definition) is 10. The molecule has 10 heteroatoms. The Hall–Kier alpha value is -4.08. The van der Waals surface area contributed by atoms with Crippen molar-refractivity contribution in [3.8, 4) is 0 Å². The van der Waals surface area contributed by atoms with Crippen LogP contribution in [0.15, 0.2) is 54.6 Å². The molecule has 0 spiro atoms. The Kier molecular flexibility index (Phi) is 7.99. The van der Waals surface area contributed by atoms with E-state index in [1.165, 1.54) is 0 Å². The van der Waals surface area contributed by atoms with Crippen LogP contribution in [-0.4, -0.2) is 30.9 Å². The minimum atomic E-state index is 0.00444. The van der Waals surface area contributed by atoms with Gasteiger partial charge >= 0.3 is 0 Å². The first-order valence-electron chi connectivity index (χ1n) is 8.90. The summed E-state index contributed by atoms with van der Waals surface area (Å²) in [6, 6.07) is 17.0. The van der Waals surface area contributed by atoms with Crippen molar-refractivity contribution in [2.75, 3.05) is 12.4 Å². The van der Waals surface area contributed by atoms with Crippen LogP contribution in [0.25, 0.3) is 0 Å². The average molecular weight is 394 g/mol. The number of guanidine groups is 4. The lowest BCUT2D eigenvalue weighted by Gasteiger charge is -2.14. The van der Waals surface area contributed by atoms with E-state index in [4.69, 9.17) is 21.6 Å². The zero-order chi connectivity index (χ0) is 21.1. The van der Waals surface area contributed by atoms with Crippen molar-refractivity contribution in [1.82, 2.24) is 26.6 Å². The maximum absolute atomic E-state index is 7.93. The van der Waals surface area contributed by atoms with Gasteiger partial charge in [0.15, 0.2) is 23.8 Å². The number of para-hydroxylation sites is 1. The van der Waals surface area contributed by atoms with Crippen molar-refractivity contribution in [2.45, 2.75) is 13.1 Å². The molecule has 0 saturated carbocycles. The first-order chi connectivity index (χ1) is 14.0. The second-order valence-electron chi connectivity index (χ2n) is 6.02. The molecule has 10 nitrogen and oxygen atoms in total. The van der Waals surface area contributed by atoms with Crippen LogP contribution in [0, 0.1) is 21.6 Å². The van der Waals surface area contributed by atoms with Gasteiger partial charge in [0.25, 0.3) is 0 Å². The van der Waals surface area contributed by atoms with Gasteiger partial charge in [-0.05, 0) is 23.3 Å². The molecule has 0 heterocycles. The number of rotatable bonds is 5. The zero-order valence-electron chi connectivity index (χ0n) is 16.1. The van der Waals surface area contributed by atoms with Gasteiger partial charge in [0.1, 0.15) is 0 Å². The number of benzene rings is 2. The summed E-state index contributed by atoms with van der Waals surface area (Å²) in [6.45, 7) is 0.844. The molecule has 0 aromatic heterocycles. The van der Waals surface area contributed by atoms with Gasteiger partial charge < -0.3 is 21.3 Å². The standard InChI is InChI=1S/C19H26N10/c1-24-16(20)28-17(21)25-11-13-6-5-7-14(10-13)12-26-18(22)29-19(23)27-15-8-3-2-4-9-15/h2-10H,11-12H2,1H3,(H5,20,21,24,25,28)(H5,22,23,26,27,29). The molecule has 0 radical (unpaired) electrons. The lowest BCUT2D eigenvalue weighted by atomic mass is 10.1. The molecule has 0 aliphatic rings. The van der Waals surface area contributed by atoms with Gasteiger partial charge in [0, 0.05) is 25.8 Å². The summed E-state index contributed by atoms with van der Waals surface area (Å²) in [5.41, 5.74) is 2.69. The van der Waals surface area contributed by atoms with Crippen LogP contribution in [0.5, 0.6) is 0 Å². The van der Waals surface area contributed by atoms with Crippen LogP contribution >= 0.6 is 0 Å². The summed E-state index contributed by atoms with van der Waals surface area (Å²) in [7, 11) is 1.60. The fourth-order valence-electron chi connectivity index (χ4n) is 2.33. The second-order valence-corrected chi connectivity index (χ2v) is 6.02. The fraction of sp³-hybridized carbons (Fsp3) is 0.158. The van der Waals surface area contributed by atoms with Crippen LogP contribution < -0.4 is 31.9 Å². The first kappa shape index (κ1) is 21.2. The molecule has 0 saturated heterocycles. The molecule has 2 rings (SSSR count). The highest BCUT2D eigenvalue weighted by Crippen LogP contribution is 2.05. The maximum atomic E-state index is 7.93. The quantitative estimate of drug-likeness (QED) is 0.269. The third-order valence-corrected chi connectivity index (χ3v) is 3.72.